The lowest BCUT2D eigenvalue weighted by Crippen LogP contribution is -2.31. The molecule has 0 aliphatic carbocycles. The van der Waals surface area contributed by atoms with Gasteiger partial charge in [0, 0.05) is 31.1 Å². The second kappa shape index (κ2) is 9.67. The maximum Gasteiger partial charge on any atom is 0.308 e. The molecule has 1 N–H and O–H groups in total. The van der Waals surface area contributed by atoms with Gasteiger partial charge in [-0.2, -0.15) is 11.3 Å². The molecule has 2 aromatic rings. The summed E-state index contributed by atoms with van der Waals surface area (Å²) in [7, 11) is 1.54. The lowest BCUT2D eigenvalue weighted by atomic mass is 10.2. The van der Waals surface area contributed by atoms with E-state index in [-0.39, 0.29) is 31.2 Å². The zero-order chi connectivity index (χ0) is 18.9. The maximum absolute atomic E-state index is 13.1. The second-order valence-corrected chi connectivity index (χ2v) is 6.34. The third-order valence-corrected chi connectivity index (χ3v) is 4.17. The molecule has 1 aromatic carbocycles. The van der Waals surface area contributed by atoms with Crippen LogP contribution < -0.4 is 5.32 Å². The van der Waals surface area contributed by atoms with Crippen molar-refractivity contribution in [2.75, 3.05) is 20.2 Å². The fraction of sp³-hybridized carbons (Fsp3) is 0.278. The van der Waals surface area contributed by atoms with Gasteiger partial charge in [0.1, 0.15) is 5.82 Å². The fourth-order valence-electron chi connectivity index (χ4n) is 2.10. The molecule has 138 valence electrons. The van der Waals surface area contributed by atoms with Crippen LogP contribution in [0.1, 0.15) is 22.3 Å². The lowest BCUT2D eigenvalue weighted by Gasteiger charge is -2.17. The Bertz CT molecular complexity index is 764. The van der Waals surface area contributed by atoms with Crippen LogP contribution in [0.3, 0.4) is 0 Å². The SMILES string of the molecule is CN(Cc1cccc(F)c1)C(=O)COC(=O)CCNC(=O)c1ccsc1. The van der Waals surface area contributed by atoms with E-state index in [1.807, 2.05) is 0 Å². The van der Waals surface area contributed by atoms with E-state index < -0.39 is 18.5 Å². The predicted molar refractivity (Wildman–Crippen MR) is 95.1 cm³/mol. The molecule has 0 aliphatic rings. The van der Waals surface area contributed by atoms with E-state index in [0.29, 0.717) is 11.1 Å². The van der Waals surface area contributed by atoms with Crippen LogP contribution in [0.4, 0.5) is 4.39 Å². The molecular weight excluding hydrogens is 359 g/mol. The number of halogens is 1. The number of carbonyl (C=O) groups excluding carboxylic acids is 3. The summed E-state index contributed by atoms with van der Waals surface area (Å²) in [5.41, 5.74) is 1.18. The molecule has 0 fully saturated rings. The van der Waals surface area contributed by atoms with Gasteiger partial charge in [0.15, 0.2) is 6.61 Å². The summed E-state index contributed by atoms with van der Waals surface area (Å²) in [5.74, 6) is -1.61. The number of esters is 1. The largest absolute Gasteiger partial charge is 0.456 e. The Balaban J connectivity index is 1.66. The molecule has 26 heavy (non-hydrogen) atoms. The number of nitrogens with one attached hydrogen (secondary N) is 1. The summed E-state index contributed by atoms with van der Waals surface area (Å²) >= 11 is 1.41. The third kappa shape index (κ3) is 6.29. The molecule has 0 radical (unpaired) electrons. The minimum absolute atomic E-state index is 0.0310. The maximum atomic E-state index is 13.1. The molecule has 6 nitrogen and oxygen atoms in total. The van der Waals surface area contributed by atoms with Crippen molar-refractivity contribution in [1.82, 2.24) is 10.2 Å². The molecule has 2 rings (SSSR count). The first-order chi connectivity index (χ1) is 12.5. The van der Waals surface area contributed by atoms with Crippen molar-refractivity contribution in [1.29, 1.82) is 0 Å². The van der Waals surface area contributed by atoms with Gasteiger partial charge >= 0.3 is 5.97 Å². The predicted octanol–water partition coefficient (Wildman–Crippen LogP) is 2.21. The highest BCUT2D eigenvalue weighted by atomic mass is 32.1. The van der Waals surface area contributed by atoms with E-state index in [2.05, 4.69) is 5.32 Å². The standard InChI is InChI=1S/C18H19FN2O4S/c1-21(10-13-3-2-4-15(19)9-13)16(22)11-25-17(23)5-7-20-18(24)14-6-8-26-12-14/h2-4,6,8-9,12H,5,7,10-11H2,1H3,(H,20,24). The molecule has 0 aliphatic heterocycles. The Morgan fingerprint density at radius 1 is 1.27 bits per heavy atom. The zero-order valence-corrected chi connectivity index (χ0v) is 15.1. The minimum Gasteiger partial charge on any atom is -0.456 e. The molecule has 0 saturated carbocycles. The number of amides is 2. The third-order valence-electron chi connectivity index (χ3n) is 3.49. The van der Waals surface area contributed by atoms with E-state index in [9.17, 15) is 18.8 Å². The number of thiophene rings is 1. The van der Waals surface area contributed by atoms with Gasteiger partial charge in [0.05, 0.1) is 6.42 Å². The highest BCUT2D eigenvalue weighted by Crippen LogP contribution is 2.07. The van der Waals surface area contributed by atoms with Crippen LogP contribution in [0, 0.1) is 5.82 Å². The van der Waals surface area contributed by atoms with Crippen LogP contribution >= 0.6 is 11.3 Å². The number of nitrogens with zero attached hydrogens (tertiary/aromatic N) is 1. The van der Waals surface area contributed by atoms with E-state index >= 15 is 0 Å². The Hall–Kier alpha value is -2.74. The average Bonchev–Trinajstić information content (AvgIpc) is 3.14. The second-order valence-electron chi connectivity index (χ2n) is 5.56. The van der Waals surface area contributed by atoms with Crippen LogP contribution in [-0.2, 0) is 20.9 Å². The number of likely N-dealkylation sites (N-methyl/N-ethyl adjacent to an activating group) is 1. The fourth-order valence-corrected chi connectivity index (χ4v) is 2.73. The number of carbonyl (C=O) groups is 3. The molecule has 2 amide bonds. The van der Waals surface area contributed by atoms with E-state index in [4.69, 9.17) is 4.74 Å². The molecule has 1 aromatic heterocycles. The van der Waals surface area contributed by atoms with Crippen molar-refractivity contribution in [3.8, 4) is 0 Å². The first-order valence-electron chi connectivity index (χ1n) is 7.90. The quantitative estimate of drug-likeness (QED) is 0.715. The summed E-state index contributed by atoms with van der Waals surface area (Å²) in [6, 6.07) is 7.62. The van der Waals surface area contributed by atoms with Gasteiger partial charge in [0.25, 0.3) is 11.8 Å². The summed E-state index contributed by atoms with van der Waals surface area (Å²) < 4.78 is 18.0. The Kier molecular flexibility index (Phi) is 7.28. The van der Waals surface area contributed by atoms with Crippen molar-refractivity contribution in [3.05, 3.63) is 58.0 Å². The number of hydrogen-bond acceptors (Lipinski definition) is 5. The van der Waals surface area contributed by atoms with Gasteiger partial charge in [0.2, 0.25) is 0 Å². The van der Waals surface area contributed by atoms with Gasteiger partial charge in [-0.1, -0.05) is 12.1 Å². The van der Waals surface area contributed by atoms with Crippen molar-refractivity contribution < 1.29 is 23.5 Å². The molecule has 0 spiro atoms. The summed E-state index contributed by atoms with van der Waals surface area (Å²) in [6.07, 6.45) is -0.0310. The molecule has 8 heteroatoms. The number of rotatable bonds is 8. The number of hydrogen-bond donors (Lipinski definition) is 1. The summed E-state index contributed by atoms with van der Waals surface area (Å²) in [4.78, 5) is 36.7. The number of benzene rings is 1. The molecular formula is C18H19FN2O4S. The normalized spacial score (nSPS) is 10.2. The minimum atomic E-state index is -0.580. The van der Waals surface area contributed by atoms with Gasteiger partial charge in [-0.05, 0) is 29.1 Å². The Labute approximate surface area is 154 Å². The molecule has 0 saturated heterocycles. The smallest absolute Gasteiger partial charge is 0.308 e. The lowest BCUT2D eigenvalue weighted by molar-refractivity contribution is -0.151. The first-order valence-corrected chi connectivity index (χ1v) is 8.84. The molecule has 0 unspecified atom stereocenters. The van der Waals surface area contributed by atoms with E-state index in [1.165, 1.54) is 28.4 Å². The van der Waals surface area contributed by atoms with E-state index in [0.717, 1.165) is 0 Å². The average molecular weight is 378 g/mol. The molecule has 0 atom stereocenters. The highest BCUT2D eigenvalue weighted by Gasteiger charge is 2.13. The Morgan fingerprint density at radius 3 is 2.77 bits per heavy atom. The van der Waals surface area contributed by atoms with Gasteiger partial charge in [-0.15, -0.1) is 0 Å². The van der Waals surface area contributed by atoms with Crippen molar-refractivity contribution in [2.24, 2.45) is 0 Å². The van der Waals surface area contributed by atoms with Crippen LogP contribution in [0.5, 0.6) is 0 Å². The summed E-state index contributed by atoms with van der Waals surface area (Å²) in [5, 5.41) is 6.10. The van der Waals surface area contributed by atoms with Gasteiger partial charge < -0.3 is 15.0 Å². The van der Waals surface area contributed by atoms with Crippen LogP contribution in [0.15, 0.2) is 41.1 Å². The van der Waals surface area contributed by atoms with Crippen molar-refractivity contribution in [2.45, 2.75) is 13.0 Å². The van der Waals surface area contributed by atoms with Gasteiger partial charge in [-0.3, -0.25) is 14.4 Å². The molecule has 0 bridgehead atoms. The highest BCUT2D eigenvalue weighted by molar-refractivity contribution is 7.08. The van der Waals surface area contributed by atoms with Crippen molar-refractivity contribution in [3.63, 3.8) is 0 Å². The Morgan fingerprint density at radius 2 is 2.08 bits per heavy atom. The number of ether oxygens (including phenoxy) is 1. The topological polar surface area (TPSA) is 75.7 Å². The van der Waals surface area contributed by atoms with Crippen LogP contribution in [0.25, 0.3) is 0 Å². The zero-order valence-electron chi connectivity index (χ0n) is 14.2. The van der Waals surface area contributed by atoms with Crippen LogP contribution in [-0.4, -0.2) is 42.9 Å². The van der Waals surface area contributed by atoms with Gasteiger partial charge in [-0.25, -0.2) is 4.39 Å². The monoisotopic (exact) mass is 378 g/mol. The molecule has 1 heterocycles. The first kappa shape index (κ1) is 19.6. The van der Waals surface area contributed by atoms with E-state index in [1.54, 1.807) is 36.0 Å². The summed E-state index contributed by atoms with van der Waals surface area (Å²) in [6.45, 7) is -0.0607. The van der Waals surface area contributed by atoms with Crippen LogP contribution in [0.2, 0.25) is 0 Å². The van der Waals surface area contributed by atoms with Crippen molar-refractivity contribution >= 4 is 29.1 Å².